The number of fused-ring (bicyclic) bond motifs is 2. The summed E-state index contributed by atoms with van der Waals surface area (Å²) in [5, 5.41) is 7.22. The zero-order valence-electron chi connectivity index (χ0n) is 8.92. The molecule has 3 heterocycles. The van der Waals surface area contributed by atoms with Crippen LogP contribution in [-0.2, 0) is 4.79 Å². The molecular formula is C11H14ClN3O. The highest BCUT2D eigenvalue weighted by Gasteiger charge is 2.48. The minimum absolute atomic E-state index is 0.0177. The molecule has 5 heteroatoms. The lowest BCUT2D eigenvalue weighted by Crippen LogP contribution is -2.61. The molecule has 0 radical (unpaired) electrons. The lowest BCUT2D eigenvalue weighted by atomic mass is 9.98. The van der Waals surface area contributed by atoms with Crippen molar-refractivity contribution >= 4 is 17.5 Å². The van der Waals surface area contributed by atoms with E-state index in [4.69, 9.17) is 11.6 Å². The fourth-order valence-corrected chi connectivity index (χ4v) is 2.88. The van der Waals surface area contributed by atoms with Crippen molar-refractivity contribution in [3.8, 4) is 0 Å². The number of halogens is 1. The fourth-order valence-electron chi connectivity index (χ4n) is 2.70. The summed E-state index contributed by atoms with van der Waals surface area (Å²) < 4.78 is 0. The minimum Gasteiger partial charge on any atom is -0.338 e. The maximum Gasteiger partial charge on any atom is 0.269 e. The van der Waals surface area contributed by atoms with Crippen LogP contribution in [-0.4, -0.2) is 36.1 Å². The van der Waals surface area contributed by atoms with Crippen molar-refractivity contribution in [3.05, 3.63) is 22.9 Å². The number of amides is 1. The van der Waals surface area contributed by atoms with Gasteiger partial charge >= 0.3 is 0 Å². The molecule has 0 saturated carbocycles. The van der Waals surface area contributed by atoms with Gasteiger partial charge in [0.1, 0.15) is 11.4 Å². The van der Waals surface area contributed by atoms with Gasteiger partial charge in [-0.05, 0) is 31.5 Å². The van der Waals surface area contributed by atoms with Crippen LogP contribution in [0.3, 0.4) is 0 Å². The number of hydrogen-bond donors (Lipinski definition) is 2. The van der Waals surface area contributed by atoms with Gasteiger partial charge in [0.2, 0.25) is 0 Å². The van der Waals surface area contributed by atoms with Crippen molar-refractivity contribution < 1.29 is 4.79 Å². The molecular weight excluding hydrogens is 226 g/mol. The van der Waals surface area contributed by atoms with E-state index in [9.17, 15) is 4.79 Å². The molecule has 3 rings (SSSR count). The van der Waals surface area contributed by atoms with Crippen molar-refractivity contribution in [1.29, 1.82) is 0 Å². The number of hydrogen-bond acceptors (Lipinski definition) is 3. The van der Waals surface area contributed by atoms with Crippen LogP contribution in [0.2, 0.25) is 0 Å². The molecule has 0 aromatic carbocycles. The standard InChI is InChI=1S/C11H14ClN3O/c12-8-2-3-9-10(16)14-11(15(9)6-8)4-1-5-13-7-11/h2-3,13H,1,4-7H2,(H,14,16). The molecule has 1 spiro atoms. The van der Waals surface area contributed by atoms with Gasteiger partial charge in [-0.2, -0.15) is 0 Å². The zero-order chi connectivity index (χ0) is 11.2. The Bertz CT molecular complexity index is 396. The van der Waals surface area contributed by atoms with Crippen molar-refractivity contribution in [2.75, 3.05) is 19.6 Å². The van der Waals surface area contributed by atoms with Gasteiger partial charge in [0.05, 0.1) is 6.54 Å². The molecule has 0 bridgehead atoms. The van der Waals surface area contributed by atoms with Crippen molar-refractivity contribution in [1.82, 2.24) is 15.5 Å². The summed E-state index contributed by atoms with van der Waals surface area (Å²) in [6.07, 6.45) is 5.67. The lowest BCUT2D eigenvalue weighted by molar-refractivity contribution is -0.117. The van der Waals surface area contributed by atoms with Crippen molar-refractivity contribution in [2.45, 2.75) is 18.5 Å². The van der Waals surface area contributed by atoms with Crippen LogP contribution >= 0.6 is 11.6 Å². The first kappa shape index (κ1) is 10.2. The predicted octanol–water partition coefficient (Wildman–Crippen LogP) is 0.518. The summed E-state index contributed by atoms with van der Waals surface area (Å²) >= 11 is 6.05. The first-order valence-electron chi connectivity index (χ1n) is 5.58. The summed E-state index contributed by atoms with van der Waals surface area (Å²) in [7, 11) is 0. The van der Waals surface area contributed by atoms with Crippen LogP contribution in [0.15, 0.2) is 22.9 Å². The molecule has 4 nitrogen and oxygen atoms in total. The summed E-state index contributed by atoms with van der Waals surface area (Å²) in [5.74, 6) is 0.0177. The van der Waals surface area contributed by atoms with Gasteiger partial charge in [-0.3, -0.25) is 4.79 Å². The molecule has 1 unspecified atom stereocenters. The molecule has 1 amide bonds. The highest BCUT2D eigenvalue weighted by Crippen LogP contribution is 2.34. The van der Waals surface area contributed by atoms with E-state index >= 15 is 0 Å². The molecule has 3 aliphatic rings. The Morgan fingerprint density at radius 3 is 3.06 bits per heavy atom. The van der Waals surface area contributed by atoms with E-state index in [0.29, 0.717) is 6.54 Å². The van der Waals surface area contributed by atoms with Crippen LogP contribution in [0, 0.1) is 0 Å². The Morgan fingerprint density at radius 2 is 2.31 bits per heavy atom. The largest absolute Gasteiger partial charge is 0.338 e. The van der Waals surface area contributed by atoms with Crippen LogP contribution in [0.4, 0.5) is 0 Å². The van der Waals surface area contributed by atoms with Gasteiger partial charge in [-0.1, -0.05) is 11.6 Å². The SMILES string of the molecule is O=C1NC2(CCCNC2)N2CC(Cl)=CC=C12. The van der Waals surface area contributed by atoms with Gasteiger partial charge in [-0.15, -0.1) is 0 Å². The monoisotopic (exact) mass is 239 g/mol. The number of carbonyl (C=O) groups is 1. The molecule has 86 valence electrons. The minimum atomic E-state index is -0.254. The predicted molar refractivity (Wildman–Crippen MR) is 61.7 cm³/mol. The molecule has 0 aromatic rings. The number of carbonyl (C=O) groups excluding carboxylic acids is 1. The first-order valence-corrected chi connectivity index (χ1v) is 5.96. The molecule has 3 aliphatic heterocycles. The molecule has 0 aliphatic carbocycles. The molecule has 16 heavy (non-hydrogen) atoms. The number of nitrogens with zero attached hydrogens (tertiary/aromatic N) is 1. The second-order valence-corrected chi connectivity index (χ2v) is 5.00. The van der Waals surface area contributed by atoms with E-state index in [1.165, 1.54) is 0 Å². The highest BCUT2D eigenvalue weighted by molar-refractivity contribution is 6.30. The molecule has 0 aromatic heterocycles. The van der Waals surface area contributed by atoms with Gasteiger partial charge in [-0.25, -0.2) is 0 Å². The van der Waals surface area contributed by atoms with Gasteiger partial charge < -0.3 is 15.5 Å². The van der Waals surface area contributed by atoms with Crippen LogP contribution in [0.25, 0.3) is 0 Å². The normalized spacial score (nSPS) is 33.3. The van der Waals surface area contributed by atoms with E-state index in [-0.39, 0.29) is 11.6 Å². The molecule has 1 atom stereocenters. The maximum atomic E-state index is 11.9. The lowest BCUT2D eigenvalue weighted by Gasteiger charge is -2.42. The first-order chi connectivity index (χ1) is 7.71. The van der Waals surface area contributed by atoms with Gasteiger partial charge in [0.25, 0.3) is 5.91 Å². The third kappa shape index (κ3) is 1.37. The average molecular weight is 240 g/mol. The number of allylic oxidation sites excluding steroid dienone is 2. The van der Waals surface area contributed by atoms with E-state index in [1.807, 2.05) is 12.2 Å². The summed E-state index contributed by atoms with van der Waals surface area (Å²) in [6, 6.07) is 0. The Morgan fingerprint density at radius 1 is 1.44 bits per heavy atom. The average Bonchev–Trinajstić information content (AvgIpc) is 2.53. The molecule has 2 N–H and O–H groups in total. The highest BCUT2D eigenvalue weighted by atomic mass is 35.5. The number of nitrogens with one attached hydrogen (secondary N) is 2. The summed E-state index contributed by atoms with van der Waals surface area (Å²) in [4.78, 5) is 14.0. The Balaban J connectivity index is 1.96. The Kier molecular flexibility index (Phi) is 2.23. The van der Waals surface area contributed by atoms with Crippen LogP contribution in [0.1, 0.15) is 12.8 Å². The second kappa shape index (κ2) is 3.50. The van der Waals surface area contributed by atoms with Crippen molar-refractivity contribution in [2.24, 2.45) is 0 Å². The summed E-state index contributed by atoms with van der Waals surface area (Å²) in [6.45, 7) is 2.45. The Labute approximate surface area is 99.3 Å². The van der Waals surface area contributed by atoms with Gasteiger partial charge in [0.15, 0.2) is 0 Å². The molecule has 2 fully saturated rings. The van der Waals surface area contributed by atoms with Gasteiger partial charge in [0, 0.05) is 11.6 Å². The maximum absolute atomic E-state index is 11.9. The summed E-state index contributed by atoms with van der Waals surface area (Å²) in [5.41, 5.74) is 0.489. The number of rotatable bonds is 0. The Hall–Kier alpha value is -1.00. The van der Waals surface area contributed by atoms with E-state index in [0.717, 1.165) is 36.7 Å². The topological polar surface area (TPSA) is 44.4 Å². The zero-order valence-corrected chi connectivity index (χ0v) is 9.68. The quantitative estimate of drug-likeness (QED) is 0.648. The van der Waals surface area contributed by atoms with Crippen LogP contribution in [0.5, 0.6) is 0 Å². The number of piperidine rings is 1. The van der Waals surface area contributed by atoms with E-state index in [2.05, 4.69) is 15.5 Å². The fraction of sp³-hybridized carbons (Fsp3) is 0.545. The third-order valence-electron chi connectivity index (χ3n) is 3.48. The second-order valence-electron chi connectivity index (χ2n) is 4.52. The van der Waals surface area contributed by atoms with Crippen LogP contribution < -0.4 is 10.6 Å². The smallest absolute Gasteiger partial charge is 0.269 e. The van der Waals surface area contributed by atoms with Crippen molar-refractivity contribution in [3.63, 3.8) is 0 Å². The third-order valence-corrected chi connectivity index (χ3v) is 3.72. The van der Waals surface area contributed by atoms with E-state index < -0.39 is 0 Å². The molecule has 2 saturated heterocycles. The van der Waals surface area contributed by atoms with E-state index in [1.54, 1.807) is 0 Å².